The number of likely N-dealkylation sites (tertiary alicyclic amines) is 1. The zero-order chi connectivity index (χ0) is 16.9. The molecule has 1 amide bonds. The highest BCUT2D eigenvalue weighted by molar-refractivity contribution is 5.84. The maximum atomic E-state index is 12.0. The van der Waals surface area contributed by atoms with Crippen molar-refractivity contribution in [3.63, 3.8) is 0 Å². The third kappa shape index (κ3) is 4.26. The third-order valence-corrected chi connectivity index (χ3v) is 4.73. The first-order chi connectivity index (χ1) is 11.6. The minimum Gasteiger partial charge on any atom is -0.484 e. The number of rotatable bonds is 6. The van der Waals surface area contributed by atoms with E-state index in [0.29, 0.717) is 12.0 Å². The van der Waals surface area contributed by atoms with Gasteiger partial charge in [0.15, 0.2) is 6.61 Å². The molecule has 0 aliphatic carbocycles. The number of nitrogens with one attached hydrogen (secondary N) is 1. The Balaban J connectivity index is 1.43. The lowest BCUT2D eigenvalue weighted by atomic mass is 10.1. The second-order valence-corrected chi connectivity index (χ2v) is 6.85. The summed E-state index contributed by atoms with van der Waals surface area (Å²) < 4.78 is 5.63. The number of hydrogen-bond acceptors (Lipinski definition) is 3. The number of benzene rings is 2. The number of carbonyl (C=O) groups excluding carboxylic acids is 1. The van der Waals surface area contributed by atoms with Crippen LogP contribution in [0.5, 0.6) is 5.75 Å². The summed E-state index contributed by atoms with van der Waals surface area (Å²) in [4.78, 5) is 14.5. The van der Waals surface area contributed by atoms with Gasteiger partial charge in [-0.3, -0.25) is 4.79 Å². The largest absolute Gasteiger partial charge is 0.484 e. The summed E-state index contributed by atoms with van der Waals surface area (Å²) in [6.07, 6.45) is 1.16. The summed E-state index contributed by atoms with van der Waals surface area (Å²) in [5, 5.41) is 5.29. The average molecular weight is 326 g/mol. The van der Waals surface area contributed by atoms with E-state index in [1.807, 2.05) is 36.4 Å². The van der Waals surface area contributed by atoms with Crippen molar-refractivity contribution in [3.8, 4) is 5.75 Å². The van der Waals surface area contributed by atoms with E-state index >= 15 is 0 Å². The summed E-state index contributed by atoms with van der Waals surface area (Å²) in [6.45, 7) is 7.45. The number of amides is 1. The van der Waals surface area contributed by atoms with Gasteiger partial charge in [-0.15, -0.1) is 0 Å². The minimum atomic E-state index is -0.0499. The van der Waals surface area contributed by atoms with Crippen LogP contribution < -0.4 is 10.1 Å². The Morgan fingerprint density at radius 2 is 2.04 bits per heavy atom. The van der Waals surface area contributed by atoms with Crippen LogP contribution in [0.3, 0.4) is 0 Å². The van der Waals surface area contributed by atoms with Crippen molar-refractivity contribution in [2.45, 2.75) is 26.3 Å². The minimum absolute atomic E-state index is 0.0499. The molecule has 0 bridgehead atoms. The van der Waals surface area contributed by atoms with Gasteiger partial charge < -0.3 is 15.0 Å². The summed E-state index contributed by atoms with van der Waals surface area (Å²) >= 11 is 0. The average Bonchev–Trinajstić information content (AvgIpc) is 3.07. The van der Waals surface area contributed by atoms with E-state index in [4.69, 9.17) is 4.74 Å². The van der Waals surface area contributed by atoms with Crippen LogP contribution in [0.2, 0.25) is 0 Å². The van der Waals surface area contributed by atoms with Gasteiger partial charge in [0.05, 0.1) is 0 Å². The highest BCUT2D eigenvalue weighted by Gasteiger charge is 2.24. The van der Waals surface area contributed by atoms with Crippen molar-refractivity contribution >= 4 is 16.7 Å². The molecular formula is C20H26N2O2. The molecule has 1 aliphatic heterocycles. The van der Waals surface area contributed by atoms with Crippen LogP contribution in [0.15, 0.2) is 42.5 Å². The molecule has 2 aromatic carbocycles. The number of hydrogen-bond donors (Lipinski definition) is 1. The molecule has 1 saturated heterocycles. The fourth-order valence-electron chi connectivity index (χ4n) is 3.21. The van der Waals surface area contributed by atoms with E-state index in [2.05, 4.69) is 30.1 Å². The lowest BCUT2D eigenvalue weighted by Crippen LogP contribution is -2.35. The first-order valence-electron chi connectivity index (χ1n) is 8.74. The molecule has 1 heterocycles. The summed E-state index contributed by atoms with van der Waals surface area (Å²) in [5.41, 5.74) is 0. The SMILES string of the molecule is CC(C)N1CC[C@@H](CNC(=O)COc2ccc3ccccc3c2)C1. The van der Waals surface area contributed by atoms with Crippen LogP contribution in [0.25, 0.3) is 10.8 Å². The van der Waals surface area contributed by atoms with E-state index in [1.165, 1.54) is 5.39 Å². The number of ether oxygens (including phenoxy) is 1. The van der Waals surface area contributed by atoms with Crippen molar-refractivity contribution in [2.75, 3.05) is 26.2 Å². The Morgan fingerprint density at radius 3 is 2.79 bits per heavy atom. The van der Waals surface area contributed by atoms with Crippen molar-refractivity contribution in [3.05, 3.63) is 42.5 Å². The standard InChI is InChI=1S/C20H26N2O2/c1-15(2)22-10-9-16(13-22)12-21-20(23)14-24-19-8-7-17-5-3-4-6-18(17)11-19/h3-8,11,15-16H,9-10,12-14H2,1-2H3,(H,21,23)/t16-/m0/s1. The molecule has 0 saturated carbocycles. The van der Waals surface area contributed by atoms with Crippen LogP contribution in [0, 0.1) is 5.92 Å². The predicted molar refractivity (Wildman–Crippen MR) is 97.3 cm³/mol. The Bertz CT molecular complexity index is 699. The summed E-state index contributed by atoms with van der Waals surface area (Å²) in [7, 11) is 0. The number of fused-ring (bicyclic) bond motifs is 1. The highest BCUT2D eigenvalue weighted by Crippen LogP contribution is 2.20. The van der Waals surface area contributed by atoms with Crippen LogP contribution in [0.4, 0.5) is 0 Å². The van der Waals surface area contributed by atoms with Crippen molar-refractivity contribution in [2.24, 2.45) is 5.92 Å². The molecule has 1 N–H and O–H groups in total. The Kier molecular flexibility index (Phi) is 5.36. The molecule has 0 aromatic heterocycles. The van der Waals surface area contributed by atoms with Crippen LogP contribution in [-0.2, 0) is 4.79 Å². The van der Waals surface area contributed by atoms with Crippen molar-refractivity contribution in [1.29, 1.82) is 0 Å². The topological polar surface area (TPSA) is 41.6 Å². The fraction of sp³-hybridized carbons (Fsp3) is 0.450. The normalized spacial score (nSPS) is 18.2. The molecule has 0 spiro atoms. The van der Waals surface area contributed by atoms with Gasteiger partial charge in [-0.1, -0.05) is 30.3 Å². The van der Waals surface area contributed by atoms with Gasteiger partial charge in [-0.2, -0.15) is 0 Å². The van der Waals surface area contributed by atoms with Gasteiger partial charge in [0.2, 0.25) is 0 Å². The van der Waals surface area contributed by atoms with Crippen molar-refractivity contribution < 1.29 is 9.53 Å². The van der Waals surface area contributed by atoms with Gasteiger partial charge in [0, 0.05) is 19.1 Å². The quantitative estimate of drug-likeness (QED) is 0.887. The Labute approximate surface area is 143 Å². The zero-order valence-electron chi connectivity index (χ0n) is 14.5. The van der Waals surface area contributed by atoms with E-state index in [9.17, 15) is 4.79 Å². The van der Waals surface area contributed by atoms with Crippen molar-refractivity contribution in [1.82, 2.24) is 10.2 Å². The van der Waals surface area contributed by atoms with Crippen LogP contribution in [0.1, 0.15) is 20.3 Å². The maximum Gasteiger partial charge on any atom is 0.257 e. The van der Waals surface area contributed by atoms with Gasteiger partial charge in [0.25, 0.3) is 5.91 Å². The van der Waals surface area contributed by atoms with Crippen LogP contribution in [-0.4, -0.2) is 43.1 Å². The lowest BCUT2D eigenvalue weighted by Gasteiger charge is -2.20. The molecule has 0 unspecified atom stereocenters. The summed E-state index contributed by atoms with van der Waals surface area (Å²) in [6, 6.07) is 14.6. The molecule has 1 fully saturated rings. The van der Waals surface area contributed by atoms with E-state index in [-0.39, 0.29) is 12.5 Å². The Hall–Kier alpha value is -2.07. The molecule has 0 radical (unpaired) electrons. The molecular weight excluding hydrogens is 300 g/mol. The van der Waals surface area contributed by atoms with Crippen LogP contribution >= 0.6 is 0 Å². The molecule has 128 valence electrons. The fourth-order valence-corrected chi connectivity index (χ4v) is 3.21. The maximum absolute atomic E-state index is 12.0. The monoisotopic (exact) mass is 326 g/mol. The molecule has 24 heavy (non-hydrogen) atoms. The molecule has 4 heteroatoms. The van der Waals surface area contributed by atoms with Gasteiger partial charge in [0.1, 0.15) is 5.75 Å². The molecule has 1 aliphatic rings. The van der Waals surface area contributed by atoms with E-state index in [0.717, 1.165) is 37.2 Å². The molecule has 3 rings (SSSR count). The predicted octanol–water partition coefficient (Wildman–Crippen LogP) is 3.07. The number of carbonyl (C=O) groups is 1. The van der Waals surface area contributed by atoms with Gasteiger partial charge >= 0.3 is 0 Å². The second kappa shape index (κ2) is 7.67. The smallest absolute Gasteiger partial charge is 0.257 e. The summed E-state index contributed by atoms with van der Waals surface area (Å²) in [5.74, 6) is 1.24. The molecule has 4 nitrogen and oxygen atoms in total. The first-order valence-corrected chi connectivity index (χ1v) is 8.74. The zero-order valence-corrected chi connectivity index (χ0v) is 14.5. The lowest BCUT2D eigenvalue weighted by molar-refractivity contribution is -0.123. The molecule has 1 atom stereocenters. The Morgan fingerprint density at radius 1 is 1.25 bits per heavy atom. The molecule has 2 aromatic rings. The second-order valence-electron chi connectivity index (χ2n) is 6.85. The van der Waals surface area contributed by atoms with E-state index in [1.54, 1.807) is 0 Å². The van der Waals surface area contributed by atoms with Gasteiger partial charge in [-0.05, 0) is 55.6 Å². The number of nitrogens with zero attached hydrogens (tertiary/aromatic N) is 1. The third-order valence-electron chi connectivity index (χ3n) is 4.73. The van der Waals surface area contributed by atoms with E-state index < -0.39 is 0 Å². The first kappa shape index (κ1) is 16.8. The van der Waals surface area contributed by atoms with Gasteiger partial charge in [-0.25, -0.2) is 0 Å². The highest BCUT2D eigenvalue weighted by atomic mass is 16.5.